The Morgan fingerprint density at radius 2 is 2.19 bits per heavy atom. The molecule has 1 aromatic carbocycles. The van der Waals surface area contributed by atoms with E-state index < -0.39 is 0 Å². The van der Waals surface area contributed by atoms with Crippen molar-refractivity contribution in [3.05, 3.63) is 42.1 Å². The maximum Gasteiger partial charge on any atom is 0.253 e. The minimum Gasteiger partial charge on any atom is -0.376 e. The molecule has 0 radical (unpaired) electrons. The molecular weight excluding hydrogens is 266 g/mol. The number of aromatic nitrogens is 1. The summed E-state index contributed by atoms with van der Waals surface area (Å²) >= 11 is 0. The van der Waals surface area contributed by atoms with Gasteiger partial charge < -0.3 is 15.8 Å². The molecule has 0 bridgehead atoms. The van der Waals surface area contributed by atoms with Gasteiger partial charge in [-0.05, 0) is 18.6 Å². The van der Waals surface area contributed by atoms with Crippen LogP contribution in [-0.2, 0) is 4.74 Å². The first kappa shape index (κ1) is 12.7. The average molecular weight is 283 g/mol. The molecule has 1 aromatic heterocycles. The average Bonchev–Trinajstić information content (AvgIpc) is 2.96. The third kappa shape index (κ3) is 1.92. The number of amides is 1. The summed E-state index contributed by atoms with van der Waals surface area (Å²) in [5.74, 6) is 0.259. The first-order valence-corrected chi connectivity index (χ1v) is 7.27. The Kier molecular flexibility index (Phi) is 2.90. The third-order valence-corrected chi connectivity index (χ3v) is 4.62. The van der Waals surface area contributed by atoms with E-state index in [-0.39, 0.29) is 24.1 Å². The smallest absolute Gasteiger partial charge is 0.253 e. The number of fused-ring (bicyclic) bond motifs is 2. The Balaban J connectivity index is 1.60. The van der Waals surface area contributed by atoms with Crippen molar-refractivity contribution in [2.45, 2.75) is 24.6 Å². The van der Waals surface area contributed by atoms with Crippen LogP contribution in [0.15, 0.2) is 36.5 Å². The van der Waals surface area contributed by atoms with Gasteiger partial charge in [-0.2, -0.15) is 0 Å². The van der Waals surface area contributed by atoms with Crippen LogP contribution in [0.4, 0.5) is 0 Å². The number of nitrogens with zero attached hydrogens (tertiary/aromatic N) is 1. The van der Waals surface area contributed by atoms with Crippen LogP contribution >= 0.6 is 0 Å². The minimum atomic E-state index is -0.131. The monoisotopic (exact) mass is 283 g/mol. The number of nitrogens with one attached hydrogen (secondary N) is 1. The van der Waals surface area contributed by atoms with Crippen LogP contribution in [0.3, 0.4) is 0 Å². The fraction of sp³-hybridized carbons (Fsp3) is 0.375. The summed E-state index contributed by atoms with van der Waals surface area (Å²) in [7, 11) is 0. The molecule has 4 rings (SSSR count). The molecule has 2 fully saturated rings. The van der Waals surface area contributed by atoms with Crippen molar-refractivity contribution < 1.29 is 9.53 Å². The number of para-hydroxylation sites is 1. The van der Waals surface area contributed by atoms with Gasteiger partial charge in [0.25, 0.3) is 5.91 Å². The molecule has 1 aliphatic carbocycles. The molecule has 4 unspecified atom stereocenters. The highest BCUT2D eigenvalue weighted by Gasteiger charge is 2.52. The van der Waals surface area contributed by atoms with Gasteiger partial charge in [-0.15, -0.1) is 0 Å². The van der Waals surface area contributed by atoms with Crippen molar-refractivity contribution in [2.24, 2.45) is 11.7 Å². The standard InChI is InChI=1S/C16H17N3O2/c17-12-10-6-8-21-15(10)14(12)19-16(20)11-5-1-3-9-4-2-7-18-13(9)11/h1-5,7,10,12,14-15H,6,8,17H2,(H,19,20). The van der Waals surface area contributed by atoms with E-state index in [0.29, 0.717) is 17.0 Å². The molecule has 2 aromatic rings. The van der Waals surface area contributed by atoms with Crippen LogP contribution in [0.25, 0.3) is 10.9 Å². The van der Waals surface area contributed by atoms with E-state index in [1.165, 1.54) is 0 Å². The highest BCUT2D eigenvalue weighted by molar-refractivity contribution is 6.05. The van der Waals surface area contributed by atoms with Gasteiger partial charge in [-0.1, -0.05) is 18.2 Å². The quantitative estimate of drug-likeness (QED) is 0.864. The molecule has 21 heavy (non-hydrogen) atoms. The van der Waals surface area contributed by atoms with E-state index in [0.717, 1.165) is 18.4 Å². The number of benzene rings is 1. The zero-order chi connectivity index (χ0) is 14.4. The molecular formula is C16H17N3O2. The van der Waals surface area contributed by atoms with Gasteiger partial charge in [-0.25, -0.2) is 0 Å². The van der Waals surface area contributed by atoms with E-state index in [2.05, 4.69) is 10.3 Å². The van der Waals surface area contributed by atoms with Gasteiger partial charge in [0.1, 0.15) is 0 Å². The summed E-state index contributed by atoms with van der Waals surface area (Å²) in [6.45, 7) is 0.741. The van der Waals surface area contributed by atoms with Crippen LogP contribution in [-0.4, -0.2) is 35.7 Å². The van der Waals surface area contributed by atoms with Crippen molar-refractivity contribution in [3.63, 3.8) is 0 Å². The van der Waals surface area contributed by atoms with Gasteiger partial charge in [0.15, 0.2) is 0 Å². The van der Waals surface area contributed by atoms with Crippen LogP contribution in [0.5, 0.6) is 0 Å². The molecule has 108 valence electrons. The lowest BCUT2D eigenvalue weighted by atomic mass is 9.72. The molecule has 1 amide bonds. The Morgan fingerprint density at radius 1 is 1.33 bits per heavy atom. The fourth-order valence-corrected chi connectivity index (χ4v) is 3.44. The summed E-state index contributed by atoms with van der Waals surface area (Å²) in [5, 5.41) is 3.97. The second-order valence-electron chi connectivity index (χ2n) is 5.75. The van der Waals surface area contributed by atoms with Gasteiger partial charge in [0, 0.05) is 30.1 Å². The maximum absolute atomic E-state index is 12.5. The minimum absolute atomic E-state index is 0.00983. The van der Waals surface area contributed by atoms with E-state index in [1.54, 1.807) is 12.3 Å². The first-order valence-electron chi connectivity index (χ1n) is 7.27. The zero-order valence-electron chi connectivity index (χ0n) is 11.5. The second-order valence-corrected chi connectivity index (χ2v) is 5.75. The zero-order valence-corrected chi connectivity index (χ0v) is 11.5. The summed E-state index contributed by atoms with van der Waals surface area (Å²) in [6, 6.07) is 9.32. The number of ether oxygens (including phenoxy) is 1. The Hall–Kier alpha value is -1.98. The predicted octanol–water partition coefficient (Wildman–Crippen LogP) is 1.08. The molecule has 2 aliphatic rings. The van der Waals surface area contributed by atoms with Crippen LogP contribution in [0.2, 0.25) is 0 Å². The second kappa shape index (κ2) is 4.79. The van der Waals surface area contributed by atoms with Crippen LogP contribution in [0, 0.1) is 5.92 Å². The summed E-state index contributed by atoms with van der Waals surface area (Å²) in [6.07, 6.45) is 2.77. The van der Waals surface area contributed by atoms with E-state index in [1.807, 2.05) is 24.3 Å². The van der Waals surface area contributed by atoms with Crippen molar-refractivity contribution in [1.29, 1.82) is 0 Å². The molecule has 3 N–H and O–H groups in total. The number of nitrogens with two attached hydrogens (primary N) is 1. The van der Waals surface area contributed by atoms with Crippen LogP contribution in [0.1, 0.15) is 16.8 Å². The lowest BCUT2D eigenvalue weighted by Gasteiger charge is -2.45. The number of rotatable bonds is 2. The van der Waals surface area contributed by atoms with Gasteiger partial charge in [0.2, 0.25) is 0 Å². The van der Waals surface area contributed by atoms with Crippen molar-refractivity contribution in [1.82, 2.24) is 10.3 Å². The van der Waals surface area contributed by atoms with Gasteiger partial charge in [0.05, 0.1) is 23.2 Å². The number of hydrogen-bond donors (Lipinski definition) is 2. The van der Waals surface area contributed by atoms with Crippen molar-refractivity contribution >= 4 is 16.8 Å². The SMILES string of the molecule is NC1C2CCOC2C1NC(=O)c1cccc2cccnc12. The Labute approximate surface area is 122 Å². The first-order chi connectivity index (χ1) is 10.3. The highest BCUT2D eigenvalue weighted by atomic mass is 16.5. The van der Waals surface area contributed by atoms with Crippen molar-refractivity contribution in [3.8, 4) is 0 Å². The molecule has 1 aliphatic heterocycles. The Morgan fingerprint density at radius 3 is 3.10 bits per heavy atom. The predicted molar refractivity (Wildman–Crippen MR) is 78.8 cm³/mol. The topological polar surface area (TPSA) is 77.2 Å². The lowest BCUT2D eigenvalue weighted by Crippen LogP contribution is -2.68. The number of hydrogen-bond acceptors (Lipinski definition) is 4. The van der Waals surface area contributed by atoms with E-state index in [4.69, 9.17) is 10.5 Å². The molecule has 2 heterocycles. The number of pyridine rings is 1. The number of carbonyl (C=O) groups is 1. The molecule has 5 heteroatoms. The molecule has 4 atom stereocenters. The normalized spacial score (nSPS) is 30.7. The largest absolute Gasteiger partial charge is 0.376 e. The Bertz CT molecular complexity index is 697. The highest BCUT2D eigenvalue weighted by Crippen LogP contribution is 2.37. The van der Waals surface area contributed by atoms with E-state index >= 15 is 0 Å². The number of carbonyl (C=O) groups excluding carboxylic acids is 1. The van der Waals surface area contributed by atoms with Gasteiger partial charge in [-0.3, -0.25) is 9.78 Å². The van der Waals surface area contributed by atoms with E-state index in [9.17, 15) is 4.79 Å². The maximum atomic E-state index is 12.5. The third-order valence-electron chi connectivity index (χ3n) is 4.62. The summed E-state index contributed by atoms with van der Waals surface area (Å²) in [4.78, 5) is 16.8. The fourth-order valence-electron chi connectivity index (χ4n) is 3.44. The van der Waals surface area contributed by atoms with Gasteiger partial charge >= 0.3 is 0 Å². The molecule has 0 spiro atoms. The van der Waals surface area contributed by atoms with Crippen molar-refractivity contribution in [2.75, 3.05) is 6.61 Å². The summed E-state index contributed by atoms with van der Waals surface area (Å²) in [5.41, 5.74) is 7.44. The summed E-state index contributed by atoms with van der Waals surface area (Å²) < 4.78 is 5.65. The molecule has 1 saturated carbocycles. The lowest BCUT2D eigenvalue weighted by molar-refractivity contribution is -0.0160. The molecule has 1 saturated heterocycles. The van der Waals surface area contributed by atoms with Crippen LogP contribution < -0.4 is 11.1 Å². The molecule has 5 nitrogen and oxygen atoms in total.